The van der Waals surface area contributed by atoms with Crippen LogP contribution < -0.4 is 16.0 Å². The Labute approximate surface area is 123 Å². The number of nitrogens with zero attached hydrogens (tertiary/aromatic N) is 2. The molecule has 0 spiro atoms. The molecule has 2 aromatic rings. The van der Waals surface area contributed by atoms with Gasteiger partial charge >= 0.3 is 0 Å². The SMILES string of the molecule is CCCc1c(NN)ncnc1Oc1ccc(Cl)c(C)c1. The van der Waals surface area contributed by atoms with Gasteiger partial charge in [0, 0.05) is 5.02 Å². The Morgan fingerprint density at radius 1 is 1.35 bits per heavy atom. The molecular formula is C14H17ClN4O. The number of hydrazine groups is 1. The molecule has 0 atom stereocenters. The van der Waals surface area contributed by atoms with Crippen LogP contribution in [-0.4, -0.2) is 9.97 Å². The van der Waals surface area contributed by atoms with Gasteiger partial charge in [-0.2, -0.15) is 0 Å². The van der Waals surface area contributed by atoms with E-state index in [0.717, 1.165) is 24.0 Å². The summed E-state index contributed by atoms with van der Waals surface area (Å²) in [6.07, 6.45) is 3.15. The number of rotatable bonds is 5. The Kier molecular flexibility index (Phi) is 4.76. The highest BCUT2D eigenvalue weighted by atomic mass is 35.5. The van der Waals surface area contributed by atoms with Crippen molar-refractivity contribution < 1.29 is 4.74 Å². The molecule has 0 aliphatic carbocycles. The quantitative estimate of drug-likeness (QED) is 0.652. The Hall–Kier alpha value is -1.85. The van der Waals surface area contributed by atoms with Gasteiger partial charge in [0.05, 0.1) is 5.56 Å². The summed E-state index contributed by atoms with van der Waals surface area (Å²) in [7, 11) is 0. The Balaban J connectivity index is 2.34. The highest BCUT2D eigenvalue weighted by molar-refractivity contribution is 6.31. The summed E-state index contributed by atoms with van der Waals surface area (Å²) in [6.45, 7) is 4.00. The lowest BCUT2D eigenvalue weighted by atomic mass is 10.1. The van der Waals surface area contributed by atoms with Crippen LogP contribution in [0.25, 0.3) is 0 Å². The molecule has 1 heterocycles. The fourth-order valence-electron chi connectivity index (χ4n) is 1.88. The van der Waals surface area contributed by atoms with E-state index in [1.807, 2.05) is 19.1 Å². The maximum Gasteiger partial charge on any atom is 0.227 e. The topological polar surface area (TPSA) is 73.1 Å². The van der Waals surface area contributed by atoms with Gasteiger partial charge in [0.25, 0.3) is 0 Å². The summed E-state index contributed by atoms with van der Waals surface area (Å²) in [4.78, 5) is 8.29. The van der Waals surface area contributed by atoms with Gasteiger partial charge in [0.15, 0.2) is 0 Å². The summed E-state index contributed by atoms with van der Waals surface area (Å²) < 4.78 is 5.84. The second kappa shape index (κ2) is 6.54. The largest absolute Gasteiger partial charge is 0.439 e. The van der Waals surface area contributed by atoms with Gasteiger partial charge in [-0.15, -0.1) is 0 Å². The van der Waals surface area contributed by atoms with Gasteiger partial charge in [-0.1, -0.05) is 24.9 Å². The van der Waals surface area contributed by atoms with Gasteiger partial charge in [-0.25, -0.2) is 15.8 Å². The van der Waals surface area contributed by atoms with Crippen LogP contribution >= 0.6 is 11.6 Å². The number of ether oxygens (including phenoxy) is 1. The summed E-state index contributed by atoms with van der Waals surface area (Å²) in [6, 6.07) is 5.48. The lowest BCUT2D eigenvalue weighted by Crippen LogP contribution is -2.12. The monoisotopic (exact) mass is 292 g/mol. The fraction of sp³-hybridized carbons (Fsp3) is 0.286. The zero-order chi connectivity index (χ0) is 14.5. The number of anilines is 1. The van der Waals surface area contributed by atoms with E-state index < -0.39 is 0 Å². The van der Waals surface area contributed by atoms with Crippen LogP contribution in [0.3, 0.4) is 0 Å². The van der Waals surface area contributed by atoms with Crippen LogP contribution in [0.15, 0.2) is 24.5 Å². The number of hydrogen-bond donors (Lipinski definition) is 2. The minimum absolute atomic E-state index is 0.511. The molecule has 0 aliphatic heterocycles. The smallest absolute Gasteiger partial charge is 0.227 e. The molecule has 0 aliphatic rings. The van der Waals surface area contributed by atoms with E-state index in [0.29, 0.717) is 22.5 Å². The molecule has 0 unspecified atom stereocenters. The van der Waals surface area contributed by atoms with Crippen molar-refractivity contribution >= 4 is 17.4 Å². The summed E-state index contributed by atoms with van der Waals surface area (Å²) in [5.74, 6) is 7.26. The van der Waals surface area contributed by atoms with E-state index in [1.165, 1.54) is 6.33 Å². The molecule has 3 N–H and O–H groups in total. The van der Waals surface area contributed by atoms with Crippen LogP contribution in [0.2, 0.25) is 5.02 Å². The number of aromatic nitrogens is 2. The molecule has 0 bridgehead atoms. The van der Waals surface area contributed by atoms with Crippen LogP contribution in [0.1, 0.15) is 24.5 Å². The zero-order valence-electron chi connectivity index (χ0n) is 11.5. The van der Waals surface area contributed by atoms with E-state index in [9.17, 15) is 0 Å². The molecule has 106 valence electrons. The Bertz CT molecular complexity index is 604. The zero-order valence-corrected chi connectivity index (χ0v) is 12.2. The van der Waals surface area contributed by atoms with Crippen molar-refractivity contribution in [2.75, 3.05) is 5.43 Å². The van der Waals surface area contributed by atoms with Gasteiger partial charge < -0.3 is 10.2 Å². The average Bonchev–Trinajstić information content (AvgIpc) is 2.45. The number of hydrogen-bond acceptors (Lipinski definition) is 5. The maximum atomic E-state index is 6.00. The van der Waals surface area contributed by atoms with Crippen LogP contribution in [0.5, 0.6) is 11.6 Å². The van der Waals surface area contributed by atoms with E-state index in [1.54, 1.807) is 6.07 Å². The van der Waals surface area contributed by atoms with Crippen molar-refractivity contribution in [3.05, 3.63) is 40.7 Å². The number of benzene rings is 1. The molecular weight excluding hydrogens is 276 g/mol. The predicted molar refractivity (Wildman–Crippen MR) is 80.1 cm³/mol. The third kappa shape index (κ3) is 3.18. The normalized spacial score (nSPS) is 10.4. The third-order valence-corrected chi connectivity index (χ3v) is 3.31. The molecule has 0 saturated heterocycles. The molecule has 0 saturated carbocycles. The van der Waals surface area contributed by atoms with Crippen LogP contribution in [-0.2, 0) is 6.42 Å². The van der Waals surface area contributed by atoms with Crippen molar-refractivity contribution in [2.45, 2.75) is 26.7 Å². The predicted octanol–water partition coefficient (Wildman–Crippen LogP) is 3.47. The van der Waals surface area contributed by atoms with Crippen LogP contribution in [0.4, 0.5) is 5.82 Å². The lowest BCUT2D eigenvalue weighted by molar-refractivity contribution is 0.454. The van der Waals surface area contributed by atoms with Crippen molar-refractivity contribution in [3.8, 4) is 11.6 Å². The molecule has 20 heavy (non-hydrogen) atoms. The molecule has 0 radical (unpaired) electrons. The standard InChI is InChI=1S/C14H17ClN4O/c1-3-4-11-13(19-16)17-8-18-14(11)20-10-5-6-12(15)9(2)7-10/h5-8H,3-4,16H2,1-2H3,(H,17,18,19). The van der Waals surface area contributed by atoms with E-state index in [-0.39, 0.29) is 0 Å². The summed E-state index contributed by atoms with van der Waals surface area (Å²) in [5.41, 5.74) is 4.39. The Morgan fingerprint density at radius 2 is 2.15 bits per heavy atom. The van der Waals surface area contributed by atoms with Gasteiger partial charge in [-0.3, -0.25) is 0 Å². The molecule has 0 amide bonds. The first-order valence-corrected chi connectivity index (χ1v) is 6.78. The first-order chi connectivity index (χ1) is 9.65. The third-order valence-electron chi connectivity index (χ3n) is 2.89. The number of halogens is 1. The Morgan fingerprint density at radius 3 is 2.80 bits per heavy atom. The first-order valence-electron chi connectivity index (χ1n) is 6.40. The van der Waals surface area contributed by atoms with Crippen molar-refractivity contribution in [1.29, 1.82) is 0 Å². The molecule has 5 nitrogen and oxygen atoms in total. The summed E-state index contributed by atoms with van der Waals surface area (Å²) in [5, 5.41) is 0.707. The van der Waals surface area contributed by atoms with Crippen molar-refractivity contribution in [3.63, 3.8) is 0 Å². The molecule has 1 aromatic heterocycles. The highest BCUT2D eigenvalue weighted by Gasteiger charge is 2.12. The van der Waals surface area contributed by atoms with Crippen molar-refractivity contribution in [2.24, 2.45) is 5.84 Å². The average molecular weight is 293 g/mol. The van der Waals surface area contributed by atoms with Gasteiger partial charge in [0.2, 0.25) is 5.88 Å². The maximum absolute atomic E-state index is 6.00. The number of nitrogens with one attached hydrogen (secondary N) is 1. The second-order valence-corrected chi connectivity index (χ2v) is 4.82. The fourth-order valence-corrected chi connectivity index (χ4v) is 1.99. The second-order valence-electron chi connectivity index (χ2n) is 4.41. The number of nitrogen functional groups attached to an aromatic ring is 1. The van der Waals surface area contributed by atoms with Crippen LogP contribution in [0, 0.1) is 6.92 Å². The lowest BCUT2D eigenvalue weighted by Gasteiger charge is -2.13. The minimum atomic E-state index is 0.511. The number of aryl methyl sites for hydroxylation is 1. The molecule has 6 heteroatoms. The van der Waals surface area contributed by atoms with Crippen molar-refractivity contribution in [1.82, 2.24) is 9.97 Å². The molecule has 2 rings (SSSR count). The summed E-state index contributed by atoms with van der Waals surface area (Å²) >= 11 is 6.00. The highest BCUT2D eigenvalue weighted by Crippen LogP contribution is 2.29. The van der Waals surface area contributed by atoms with E-state index in [2.05, 4.69) is 22.3 Å². The molecule has 0 fully saturated rings. The minimum Gasteiger partial charge on any atom is -0.439 e. The van der Waals surface area contributed by atoms with E-state index >= 15 is 0 Å². The molecule has 1 aromatic carbocycles. The number of nitrogens with two attached hydrogens (primary N) is 1. The first kappa shape index (κ1) is 14.6. The van der Waals surface area contributed by atoms with Gasteiger partial charge in [-0.05, 0) is 37.1 Å². The van der Waals surface area contributed by atoms with Gasteiger partial charge in [0.1, 0.15) is 17.9 Å². The van der Waals surface area contributed by atoms with E-state index in [4.69, 9.17) is 22.2 Å².